The molecule has 1 heterocycles. The third-order valence-electron chi connectivity index (χ3n) is 3.04. The molecule has 0 bridgehead atoms. The molecule has 0 radical (unpaired) electrons. The van der Waals surface area contributed by atoms with E-state index in [0.29, 0.717) is 0 Å². The molecule has 0 atom stereocenters. The van der Waals surface area contributed by atoms with Crippen LogP contribution < -0.4 is 10.5 Å². The fraction of sp³-hybridized carbons (Fsp3) is 0.214. The maximum Gasteiger partial charge on any atom is 0.242 e. The highest BCUT2D eigenvalue weighted by molar-refractivity contribution is 7.89. The summed E-state index contributed by atoms with van der Waals surface area (Å²) in [5.41, 5.74) is 8.77. The van der Waals surface area contributed by atoms with Crippen LogP contribution in [0.3, 0.4) is 0 Å². The molecule has 0 fully saturated rings. The van der Waals surface area contributed by atoms with Crippen molar-refractivity contribution in [2.24, 2.45) is 0 Å². The van der Waals surface area contributed by atoms with Crippen LogP contribution in [0.25, 0.3) is 0 Å². The molecule has 1 aromatic carbocycles. The van der Waals surface area contributed by atoms with Crippen molar-refractivity contribution in [1.82, 2.24) is 9.71 Å². The first kappa shape index (κ1) is 14.5. The van der Waals surface area contributed by atoms with E-state index in [9.17, 15) is 8.42 Å². The molecular formula is C14H17N3O2S. The average Bonchev–Trinajstić information content (AvgIpc) is 2.37. The second-order valence-corrected chi connectivity index (χ2v) is 6.40. The van der Waals surface area contributed by atoms with E-state index >= 15 is 0 Å². The normalized spacial score (nSPS) is 11.5. The molecule has 0 spiro atoms. The summed E-state index contributed by atoms with van der Waals surface area (Å²) in [7, 11) is -3.62. The van der Waals surface area contributed by atoms with E-state index < -0.39 is 10.0 Å². The Morgan fingerprint density at radius 3 is 2.65 bits per heavy atom. The minimum absolute atomic E-state index is 0.106. The fourth-order valence-corrected chi connectivity index (χ4v) is 2.98. The Hall–Kier alpha value is -1.92. The van der Waals surface area contributed by atoms with E-state index in [1.165, 1.54) is 6.07 Å². The number of anilines is 1. The van der Waals surface area contributed by atoms with Crippen LogP contribution in [0.5, 0.6) is 0 Å². The molecule has 1 aromatic heterocycles. The highest BCUT2D eigenvalue weighted by Gasteiger charge is 2.17. The summed E-state index contributed by atoms with van der Waals surface area (Å²) < 4.78 is 27.0. The zero-order valence-electron chi connectivity index (χ0n) is 11.4. The van der Waals surface area contributed by atoms with Crippen molar-refractivity contribution in [3.63, 3.8) is 0 Å². The second kappa shape index (κ2) is 5.60. The van der Waals surface area contributed by atoms with Crippen LogP contribution in [0.2, 0.25) is 0 Å². The monoisotopic (exact) mass is 291 g/mol. The number of sulfonamides is 1. The predicted molar refractivity (Wildman–Crippen MR) is 78.6 cm³/mol. The molecular weight excluding hydrogens is 274 g/mol. The molecule has 20 heavy (non-hydrogen) atoms. The summed E-state index contributed by atoms with van der Waals surface area (Å²) >= 11 is 0. The topological polar surface area (TPSA) is 85.1 Å². The van der Waals surface area contributed by atoms with Gasteiger partial charge in [-0.2, -0.15) is 0 Å². The zero-order valence-corrected chi connectivity index (χ0v) is 12.2. The SMILES string of the molecule is Cc1ccc(S(=O)(=O)NCc2ccncc2C)c(N)c1. The number of pyridine rings is 1. The highest BCUT2D eigenvalue weighted by atomic mass is 32.2. The quantitative estimate of drug-likeness (QED) is 0.841. The van der Waals surface area contributed by atoms with Gasteiger partial charge in [-0.15, -0.1) is 0 Å². The molecule has 5 nitrogen and oxygen atoms in total. The van der Waals surface area contributed by atoms with Gasteiger partial charge in [0.1, 0.15) is 4.90 Å². The maximum atomic E-state index is 12.2. The van der Waals surface area contributed by atoms with Crippen molar-refractivity contribution in [3.8, 4) is 0 Å². The van der Waals surface area contributed by atoms with Crippen molar-refractivity contribution in [2.75, 3.05) is 5.73 Å². The minimum Gasteiger partial charge on any atom is -0.398 e. The molecule has 0 aliphatic heterocycles. The fourth-order valence-electron chi connectivity index (χ4n) is 1.86. The number of nitrogen functional groups attached to an aromatic ring is 1. The molecule has 0 unspecified atom stereocenters. The third-order valence-corrected chi connectivity index (χ3v) is 4.52. The maximum absolute atomic E-state index is 12.2. The van der Waals surface area contributed by atoms with E-state index in [1.54, 1.807) is 30.6 Å². The number of hydrogen-bond donors (Lipinski definition) is 2. The van der Waals surface area contributed by atoms with Gasteiger partial charge in [0, 0.05) is 18.9 Å². The van der Waals surface area contributed by atoms with Gasteiger partial charge >= 0.3 is 0 Å². The summed E-state index contributed by atoms with van der Waals surface area (Å²) in [6.45, 7) is 3.96. The number of nitrogens with two attached hydrogens (primary N) is 1. The van der Waals surface area contributed by atoms with Crippen LogP contribution in [-0.4, -0.2) is 13.4 Å². The summed E-state index contributed by atoms with van der Waals surface area (Å²) in [5, 5.41) is 0. The van der Waals surface area contributed by atoms with Gasteiger partial charge in [0.25, 0.3) is 0 Å². The van der Waals surface area contributed by atoms with Gasteiger partial charge in [0.05, 0.1) is 5.69 Å². The van der Waals surface area contributed by atoms with Crippen LogP contribution in [0, 0.1) is 13.8 Å². The Labute approximate surface area is 118 Å². The number of nitrogens with one attached hydrogen (secondary N) is 1. The van der Waals surface area contributed by atoms with Gasteiger partial charge in [-0.1, -0.05) is 6.07 Å². The van der Waals surface area contributed by atoms with E-state index in [4.69, 9.17) is 5.73 Å². The predicted octanol–water partition coefficient (Wildman–Crippen LogP) is 1.76. The Balaban J connectivity index is 2.22. The summed E-state index contributed by atoms with van der Waals surface area (Å²) in [6, 6.07) is 6.68. The molecule has 6 heteroatoms. The average molecular weight is 291 g/mol. The van der Waals surface area contributed by atoms with Crippen LogP contribution >= 0.6 is 0 Å². The van der Waals surface area contributed by atoms with Crippen LogP contribution in [0.1, 0.15) is 16.7 Å². The molecule has 2 rings (SSSR count). The Kier molecular flexibility index (Phi) is 4.06. The highest BCUT2D eigenvalue weighted by Crippen LogP contribution is 2.19. The van der Waals surface area contributed by atoms with Crippen LogP contribution in [-0.2, 0) is 16.6 Å². The van der Waals surface area contributed by atoms with Gasteiger partial charge in [-0.05, 0) is 48.7 Å². The number of nitrogens with zero attached hydrogens (tertiary/aromatic N) is 1. The van der Waals surface area contributed by atoms with E-state index in [2.05, 4.69) is 9.71 Å². The molecule has 2 aromatic rings. The second-order valence-electron chi connectivity index (χ2n) is 4.67. The molecule has 106 valence electrons. The van der Waals surface area contributed by atoms with Gasteiger partial charge in [0.2, 0.25) is 10.0 Å². The first-order valence-electron chi connectivity index (χ1n) is 6.15. The largest absolute Gasteiger partial charge is 0.398 e. The standard InChI is InChI=1S/C14H17N3O2S/c1-10-3-4-14(13(15)7-10)20(18,19)17-9-12-5-6-16-8-11(12)2/h3-8,17H,9,15H2,1-2H3. The van der Waals surface area contributed by atoms with E-state index in [-0.39, 0.29) is 17.1 Å². The molecule has 0 saturated heterocycles. The van der Waals surface area contributed by atoms with Gasteiger partial charge in [0.15, 0.2) is 0 Å². The lowest BCUT2D eigenvalue weighted by Crippen LogP contribution is -2.24. The molecule has 0 aliphatic rings. The Morgan fingerprint density at radius 1 is 1.25 bits per heavy atom. The Bertz CT molecular complexity index is 727. The minimum atomic E-state index is -3.62. The smallest absolute Gasteiger partial charge is 0.242 e. The molecule has 0 amide bonds. The van der Waals surface area contributed by atoms with Gasteiger partial charge in [-0.3, -0.25) is 4.98 Å². The van der Waals surface area contributed by atoms with Crippen LogP contribution in [0.15, 0.2) is 41.6 Å². The number of benzene rings is 1. The van der Waals surface area contributed by atoms with Crippen molar-refractivity contribution in [3.05, 3.63) is 53.3 Å². The molecule has 0 aliphatic carbocycles. The number of aromatic nitrogens is 1. The number of hydrogen-bond acceptors (Lipinski definition) is 4. The summed E-state index contributed by atoms with van der Waals surface area (Å²) in [6.07, 6.45) is 3.33. The summed E-state index contributed by atoms with van der Waals surface area (Å²) in [4.78, 5) is 4.08. The lowest BCUT2D eigenvalue weighted by atomic mass is 10.2. The van der Waals surface area contributed by atoms with Crippen LogP contribution in [0.4, 0.5) is 5.69 Å². The van der Waals surface area contributed by atoms with Crippen molar-refractivity contribution >= 4 is 15.7 Å². The van der Waals surface area contributed by atoms with Gasteiger partial charge < -0.3 is 5.73 Å². The van der Waals surface area contributed by atoms with Gasteiger partial charge in [-0.25, -0.2) is 13.1 Å². The zero-order chi connectivity index (χ0) is 14.8. The van der Waals surface area contributed by atoms with Crippen molar-refractivity contribution < 1.29 is 8.42 Å². The number of aryl methyl sites for hydroxylation is 2. The molecule has 3 N–H and O–H groups in total. The lowest BCUT2D eigenvalue weighted by molar-refractivity contribution is 0.581. The number of rotatable bonds is 4. The van der Waals surface area contributed by atoms with Crippen molar-refractivity contribution in [1.29, 1.82) is 0 Å². The first-order valence-corrected chi connectivity index (χ1v) is 7.64. The Morgan fingerprint density at radius 2 is 2.00 bits per heavy atom. The van der Waals surface area contributed by atoms with E-state index in [1.807, 2.05) is 13.8 Å². The first-order chi connectivity index (χ1) is 9.40. The van der Waals surface area contributed by atoms with Crippen molar-refractivity contribution in [2.45, 2.75) is 25.3 Å². The lowest BCUT2D eigenvalue weighted by Gasteiger charge is -2.10. The molecule has 0 saturated carbocycles. The van der Waals surface area contributed by atoms with E-state index in [0.717, 1.165) is 16.7 Å². The third kappa shape index (κ3) is 3.15. The summed E-state index contributed by atoms with van der Waals surface area (Å²) in [5.74, 6) is 0.